The Bertz CT molecular complexity index is 608. The van der Waals surface area contributed by atoms with Crippen LogP contribution in [0.1, 0.15) is 18.0 Å². The molecule has 19 heavy (non-hydrogen) atoms. The van der Waals surface area contributed by atoms with Crippen LogP contribution in [0.15, 0.2) is 42.5 Å². The Morgan fingerprint density at radius 1 is 1.21 bits per heavy atom. The smallest absolute Gasteiger partial charge is 0.310 e. The largest absolute Gasteiger partial charge is 0.469 e. The number of fused-ring (bicyclic) bond motifs is 1. The van der Waals surface area contributed by atoms with E-state index >= 15 is 0 Å². The minimum Gasteiger partial charge on any atom is -0.469 e. The first-order valence-electron chi connectivity index (χ1n) is 6.59. The lowest BCUT2D eigenvalue weighted by atomic mass is 9.93. The van der Waals surface area contributed by atoms with E-state index in [0.29, 0.717) is 0 Å². The molecule has 0 aliphatic carbocycles. The number of esters is 1. The number of methoxy groups -OCH3 is 1. The van der Waals surface area contributed by atoms with Crippen LogP contribution in [0.25, 0.3) is 10.8 Å². The molecule has 2 aromatic rings. The third-order valence-corrected chi connectivity index (χ3v) is 3.86. The fourth-order valence-electron chi connectivity index (χ4n) is 2.86. The Morgan fingerprint density at radius 2 is 2.00 bits per heavy atom. The van der Waals surface area contributed by atoms with Gasteiger partial charge in [-0.15, -0.1) is 0 Å². The van der Waals surface area contributed by atoms with Gasteiger partial charge in [0, 0.05) is 6.04 Å². The molecular formula is C16H17NO2. The van der Waals surface area contributed by atoms with Crippen LogP contribution < -0.4 is 5.32 Å². The second-order valence-electron chi connectivity index (χ2n) is 4.96. The lowest BCUT2D eigenvalue weighted by Gasteiger charge is -2.18. The van der Waals surface area contributed by atoms with Gasteiger partial charge < -0.3 is 10.1 Å². The molecule has 1 aliphatic heterocycles. The molecular weight excluding hydrogens is 238 g/mol. The molecule has 0 radical (unpaired) electrons. The topological polar surface area (TPSA) is 38.3 Å². The van der Waals surface area contributed by atoms with E-state index in [1.807, 2.05) is 12.1 Å². The molecule has 2 aromatic carbocycles. The van der Waals surface area contributed by atoms with Crippen LogP contribution in [0.3, 0.4) is 0 Å². The molecule has 1 aliphatic rings. The monoisotopic (exact) mass is 255 g/mol. The van der Waals surface area contributed by atoms with Crippen LogP contribution >= 0.6 is 0 Å². The molecule has 1 heterocycles. The van der Waals surface area contributed by atoms with Crippen molar-refractivity contribution in [2.75, 3.05) is 13.7 Å². The average Bonchev–Trinajstić information content (AvgIpc) is 2.95. The highest BCUT2D eigenvalue weighted by atomic mass is 16.5. The van der Waals surface area contributed by atoms with E-state index in [0.717, 1.165) is 18.5 Å². The summed E-state index contributed by atoms with van der Waals surface area (Å²) < 4.78 is 4.89. The summed E-state index contributed by atoms with van der Waals surface area (Å²) in [5.74, 6) is -0.200. The molecule has 1 fully saturated rings. The lowest BCUT2D eigenvalue weighted by molar-refractivity contribution is -0.145. The average molecular weight is 255 g/mol. The van der Waals surface area contributed by atoms with E-state index < -0.39 is 0 Å². The maximum Gasteiger partial charge on any atom is 0.310 e. The summed E-state index contributed by atoms with van der Waals surface area (Å²) in [6.07, 6.45) is 0.837. The van der Waals surface area contributed by atoms with Gasteiger partial charge in [-0.2, -0.15) is 0 Å². The molecule has 0 unspecified atom stereocenters. The van der Waals surface area contributed by atoms with Crippen molar-refractivity contribution in [3.63, 3.8) is 0 Å². The maximum absolute atomic E-state index is 11.8. The Hall–Kier alpha value is -1.87. The Morgan fingerprint density at radius 3 is 2.79 bits per heavy atom. The fraction of sp³-hybridized carbons (Fsp3) is 0.312. The maximum atomic E-state index is 11.8. The summed E-state index contributed by atoms with van der Waals surface area (Å²) in [7, 11) is 1.46. The van der Waals surface area contributed by atoms with Gasteiger partial charge in [-0.1, -0.05) is 36.4 Å². The molecule has 3 rings (SSSR count). The normalized spacial score (nSPS) is 22.6. The van der Waals surface area contributed by atoms with Crippen molar-refractivity contribution in [1.82, 2.24) is 5.32 Å². The van der Waals surface area contributed by atoms with Crippen molar-refractivity contribution in [1.29, 1.82) is 0 Å². The van der Waals surface area contributed by atoms with Gasteiger partial charge in [-0.25, -0.2) is 0 Å². The quantitative estimate of drug-likeness (QED) is 0.838. The molecule has 1 saturated heterocycles. The zero-order valence-corrected chi connectivity index (χ0v) is 10.9. The molecule has 98 valence electrons. The summed E-state index contributed by atoms with van der Waals surface area (Å²) in [5, 5.41) is 5.83. The van der Waals surface area contributed by atoms with Crippen LogP contribution in [0, 0.1) is 5.92 Å². The van der Waals surface area contributed by atoms with E-state index in [-0.39, 0.29) is 17.9 Å². The Kier molecular flexibility index (Phi) is 3.22. The van der Waals surface area contributed by atoms with E-state index in [4.69, 9.17) is 4.74 Å². The molecule has 3 nitrogen and oxygen atoms in total. The van der Waals surface area contributed by atoms with Gasteiger partial charge in [0.25, 0.3) is 0 Å². The highest BCUT2D eigenvalue weighted by Gasteiger charge is 2.34. The Balaban J connectivity index is 1.96. The number of ether oxygens (including phenoxy) is 1. The van der Waals surface area contributed by atoms with Gasteiger partial charge in [-0.05, 0) is 35.4 Å². The summed E-state index contributed by atoms with van der Waals surface area (Å²) >= 11 is 0. The zero-order valence-electron chi connectivity index (χ0n) is 10.9. The molecule has 0 bridgehead atoms. The summed E-state index contributed by atoms with van der Waals surface area (Å²) in [6, 6.07) is 14.7. The molecule has 3 heteroatoms. The number of rotatable bonds is 2. The van der Waals surface area contributed by atoms with Crippen LogP contribution in [-0.4, -0.2) is 19.6 Å². The second-order valence-corrected chi connectivity index (χ2v) is 4.96. The molecule has 2 atom stereocenters. The Labute approximate surface area is 112 Å². The standard InChI is InChI=1S/C16H17NO2/c1-19-16(18)14-8-9-17-15(14)13-7-6-11-4-2-3-5-12(11)10-13/h2-7,10,14-15,17H,8-9H2,1H3/t14-,15-/m0/s1. The van der Waals surface area contributed by atoms with Crippen molar-refractivity contribution in [3.05, 3.63) is 48.0 Å². The van der Waals surface area contributed by atoms with Crippen molar-refractivity contribution in [2.45, 2.75) is 12.5 Å². The number of hydrogen-bond acceptors (Lipinski definition) is 3. The zero-order chi connectivity index (χ0) is 13.2. The molecule has 0 aromatic heterocycles. The van der Waals surface area contributed by atoms with Crippen molar-refractivity contribution < 1.29 is 9.53 Å². The molecule has 1 N–H and O–H groups in total. The van der Waals surface area contributed by atoms with Gasteiger partial charge in [0.1, 0.15) is 0 Å². The minimum atomic E-state index is -0.122. The third kappa shape index (κ3) is 2.22. The van der Waals surface area contributed by atoms with Crippen molar-refractivity contribution in [2.24, 2.45) is 5.92 Å². The lowest BCUT2D eigenvalue weighted by Crippen LogP contribution is -2.24. The number of hydrogen-bond donors (Lipinski definition) is 1. The molecule has 0 amide bonds. The van der Waals surface area contributed by atoms with Crippen molar-refractivity contribution >= 4 is 16.7 Å². The van der Waals surface area contributed by atoms with Gasteiger partial charge in [0.05, 0.1) is 13.0 Å². The van der Waals surface area contributed by atoms with Gasteiger partial charge in [0.2, 0.25) is 0 Å². The predicted molar refractivity (Wildman–Crippen MR) is 74.8 cm³/mol. The molecule has 0 saturated carbocycles. The van der Waals surface area contributed by atoms with Crippen LogP contribution in [-0.2, 0) is 9.53 Å². The number of benzene rings is 2. The van der Waals surface area contributed by atoms with E-state index in [1.165, 1.54) is 17.9 Å². The number of nitrogens with one attached hydrogen (secondary N) is 1. The van der Waals surface area contributed by atoms with Gasteiger partial charge in [-0.3, -0.25) is 4.79 Å². The summed E-state index contributed by atoms with van der Waals surface area (Å²) in [5.41, 5.74) is 1.16. The number of carbonyl (C=O) groups excluding carboxylic acids is 1. The first-order valence-corrected chi connectivity index (χ1v) is 6.59. The first kappa shape index (κ1) is 12.2. The highest BCUT2D eigenvalue weighted by Crippen LogP contribution is 2.32. The predicted octanol–water partition coefficient (Wildman–Crippen LogP) is 2.66. The van der Waals surface area contributed by atoms with E-state index in [9.17, 15) is 4.79 Å². The SMILES string of the molecule is COC(=O)[C@H]1CCN[C@H]1c1ccc2ccccc2c1. The first-order chi connectivity index (χ1) is 9.29. The fourth-order valence-corrected chi connectivity index (χ4v) is 2.86. The number of carbonyl (C=O) groups is 1. The third-order valence-electron chi connectivity index (χ3n) is 3.86. The minimum absolute atomic E-state index is 0.0667. The van der Waals surface area contributed by atoms with Crippen LogP contribution in [0.5, 0.6) is 0 Å². The van der Waals surface area contributed by atoms with E-state index in [2.05, 4.69) is 35.6 Å². The summed E-state index contributed by atoms with van der Waals surface area (Å²) in [4.78, 5) is 11.8. The van der Waals surface area contributed by atoms with Gasteiger partial charge in [0.15, 0.2) is 0 Å². The summed E-state index contributed by atoms with van der Waals surface area (Å²) in [6.45, 7) is 0.858. The van der Waals surface area contributed by atoms with Crippen LogP contribution in [0.2, 0.25) is 0 Å². The highest BCUT2D eigenvalue weighted by molar-refractivity contribution is 5.83. The van der Waals surface area contributed by atoms with Gasteiger partial charge >= 0.3 is 5.97 Å². The van der Waals surface area contributed by atoms with Crippen LogP contribution in [0.4, 0.5) is 0 Å². The van der Waals surface area contributed by atoms with E-state index in [1.54, 1.807) is 0 Å². The second kappa shape index (κ2) is 5.02. The molecule has 0 spiro atoms. The van der Waals surface area contributed by atoms with Crippen molar-refractivity contribution in [3.8, 4) is 0 Å².